The number of rotatable bonds is 6. The van der Waals surface area contributed by atoms with Gasteiger partial charge in [-0.3, -0.25) is 0 Å². The van der Waals surface area contributed by atoms with Crippen molar-refractivity contribution in [3.05, 3.63) is 63.3 Å². The molecule has 3 nitrogen and oxygen atoms in total. The van der Waals surface area contributed by atoms with E-state index in [1.165, 1.54) is 10.6 Å². The van der Waals surface area contributed by atoms with Gasteiger partial charge in [-0.25, -0.2) is 4.98 Å². The Labute approximate surface area is 149 Å². The van der Waals surface area contributed by atoms with E-state index >= 15 is 0 Å². The fourth-order valence-corrected chi connectivity index (χ4v) is 3.83. The van der Waals surface area contributed by atoms with Gasteiger partial charge in [0.05, 0.1) is 10.6 Å². The van der Waals surface area contributed by atoms with Gasteiger partial charge in [0.25, 0.3) is 0 Å². The van der Waals surface area contributed by atoms with E-state index in [9.17, 15) is 0 Å². The van der Waals surface area contributed by atoms with Crippen LogP contribution in [0.1, 0.15) is 10.6 Å². The van der Waals surface area contributed by atoms with Crippen LogP contribution in [0.5, 0.6) is 0 Å². The van der Waals surface area contributed by atoms with E-state index in [4.69, 9.17) is 23.2 Å². The van der Waals surface area contributed by atoms with Gasteiger partial charge in [-0.15, -0.1) is 11.3 Å². The number of hydrogen-bond donors (Lipinski definition) is 1. The summed E-state index contributed by atoms with van der Waals surface area (Å²) in [5.74, 6) is 0. The van der Waals surface area contributed by atoms with Crippen LogP contribution in [0, 0.1) is 0 Å². The first kappa shape index (κ1) is 16.5. The van der Waals surface area contributed by atoms with E-state index in [0.29, 0.717) is 5.02 Å². The third-order valence-corrected chi connectivity index (χ3v) is 5.22. The highest BCUT2D eigenvalue weighted by Gasteiger charge is 2.07. The van der Waals surface area contributed by atoms with Crippen LogP contribution in [0.3, 0.4) is 0 Å². The molecule has 0 saturated carbocycles. The molecule has 23 heavy (non-hydrogen) atoms. The fourth-order valence-electron chi connectivity index (χ4n) is 2.37. The van der Waals surface area contributed by atoms with E-state index < -0.39 is 0 Å². The van der Waals surface area contributed by atoms with Crippen LogP contribution >= 0.6 is 34.5 Å². The van der Waals surface area contributed by atoms with Gasteiger partial charge in [-0.2, -0.15) is 0 Å². The van der Waals surface area contributed by atoms with E-state index in [1.54, 1.807) is 17.4 Å². The molecule has 0 aliphatic heterocycles. The van der Waals surface area contributed by atoms with E-state index in [2.05, 4.69) is 20.9 Å². The Morgan fingerprint density at radius 3 is 2.87 bits per heavy atom. The summed E-state index contributed by atoms with van der Waals surface area (Å²) in [4.78, 5) is 5.68. The summed E-state index contributed by atoms with van der Waals surface area (Å²) in [6.07, 6.45) is 4.85. The average molecular weight is 366 g/mol. The molecule has 120 valence electrons. The smallest absolute Gasteiger partial charge is 0.107 e. The molecular formula is C17H17Cl2N3S. The van der Waals surface area contributed by atoms with Gasteiger partial charge < -0.3 is 9.88 Å². The Bertz CT molecular complexity index is 795. The molecule has 1 aromatic carbocycles. The summed E-state index contributed by atoms with van der Waals surface area (Å²) in [6, 6.07) is 9.78. The maximum atomic E-state index is 6.18. The topological polar surface area (TPSA) is 29.9 Å². The number of aryl methyl sites for hydroxylation is 1. The number of thiazole rings is 1. The molecule has 0 atom stereocenters. The molecule has 2 heterocycles. The zero-order chi connectivity index (χ0) is 16.2. The quantitative estimate of drug-likeness (QED) is 0.636. The second kappa shape index (κ2) is 7.49. The summed E-state index contributed by atoms with van der Waals surface area (Å²) < 4.78 is 2.10. The van der Waals surface area contributed by atoms with Crippen molar-refractivity contribution >= 4 is 34.5 Å². The Morgan fingerprint density at radius 2 is 2.13 bits per heavy atom. The second-order valence-corrected chi connectivity index (χ2v) is 7.24. The summed E-state index contributed by atoms with van der Waals surface area (Å²) in [7, 11) is 2.04. The largest absolute Gasteiger partial charge is 0.350 e. The lowest BCUT2D eigenvalue weighted by Crippen LogP contribution is -2.16. The molecular weight excluding hydrogens is 349 g/mol. The van der Waals surface area contributed by atoms with Crippen LogP contribution in [0.15, 0.2) is 42.7 Å². The van der Waals surface area contributed by atoms with Gasteiger partial charge in [-0.05, 0) is 42.8 Å². The standard InChI is InChI=1S/C17H17Cl2N3S/c1-22-8-2-3-15(22)16-10-21-17(23-16)11-20-7-6-12-4-5-13(18)9-14(12)19/h2-5,8-10,20H,6-7,11H2,1H3. The van der Waals surface area contributed by atoms with E-state index in [0.717, 1.165) is 35.1 Å². The number of nitrogens with one attached hydrogen (secondary N) is 1. The summed E-state index contributed by atoms with van der Waals surface area (Å²) >= 11 is 13.8. The third kappa shape index (κ3) is 4.15. The zero-order valence-electron chi connectivity index (χ0n) is 12.7. The fraction of sp³-hybridized carbons (Fsp3) is 0.235. The van der Waals surface area contributed by atoms with Gasteiger partial charge in [0.2, 0.25) is 0 Å². The van der Waals surface area contributed by atoms with Crippen molar-refractivity contribution in [3.63, 3.8) is 0 Å². The molecule has 3 rings (SSSR count). The number of benzene rings is 1. The molecule has 0 aliphatic rings. The molecule has 1 N–H and O–H groups in total. The zero-order valence-corrected chi connectivity index (χ0v) is 15.0. The number of hydrogen-bond acceptors (Lipinski definition) is 3. The van der Waals surface area contributed by atoms with Crippen molar-refractivity contribution in [1.82, 2.24) is 14.9 Å². The minimum atomic E-state index is 0.669. The molecule has 6 heteroatoms. The molecule has 0 radical (unpaired) electrons. The monoisotopic (exact) mass is 365 g/mol. The van der Waals surface area contributed by atoms with Crippen LogP contribution < -0.4 is 5.32 Å². The molecule has 0 aliphatic carbocycles. The summed E-state index contributed by atoms with van der Waals surface area (Å²) in [5.41, 5.74) is 2.30. The minimum Gasteiger partial charge on any atom is -0.350 e. The predicted octanol–water partition coefficient (Wildman–Crippen LogP) is 4.79. The second-order valence-electron chi connectivity index (χ2n) is 5.29. The van der Waals surface area contributed by atoms with Gasteiger partial charge in [-0.1, -0.05) is 29.3 Å². The normalized spacial score (nSPS) is 11.1. The van der Waals surface area contributed by atoms with Crippen LogP contribution in [-0.4, -0.2) is 16.1 Å². The first-order valence-electron chi connectivity index (χ1n) is 7.34. The number of halogens is 2. The molecule has 0 saturated heterocycles. The summed E-state index contributed by atoms with van der Waals surface area (Å²) in [6.45, 7) is 1.61. The van der Waals surface area contributed by atoms with E-state index in [-0.39, 0.29) is 0 Å². The Morgan fingerprint density at radius 1 is 1.26 bits per heavy atom. The first-order valence-corrected chi connectivity index (χ1v) is 8.92. The molecule has 3 aromatic rings. The van der Waals surface area contributed by atoms with Gasteiger partial charge in [0, 0.05) is 36.0 Å². The van der Waals surface area contributed by atoms with E-state index in [1.807, 2.05) is 37.6 Å². The SMILES string of the molecule is Cn1cccc1-c1cnc(CNCCc2ccc(Cl)cc2Cl)s1. The lowest BCUT2D eigenvalue weighted by Gasteiger charge is -2.05. The molecule has 0 bridgehead atoms. The lowest BCUT2D eigenvalue weighted by molar-refractivity contribution is 0.684. The highest BCUT2D eigenvalue weighted by atomic mass is 35.5. The maximum Gasteiger partial charge on any atom is 0.107 e. The highest BCUT2D eigenvalue weighted by Crippen LogP contribution is 2.26. The van der Waals surface area contributed by atoms with Crippen molar-refractivity contribution in [2.75, 3.05) is 6.54 Å². The van der Waals surface area contributed by atoms with Gasteiger partial charge >= 0.3 is 0 Å². The lowest BCUT2D eigenvalue weighted by atomic mass is 10.1. The van der Waals surface area contributed by atoms with Crippen molar-refractivity contribution in [2.24, 2.45) is 7.05 Å². The van der Waals surface area contributed by atoms with Crippen molar-refractivity contribution in [3.8, 4) is 10.6 Å². The molecule has 0 unspecified atom stereocenters. The maximum absolute atomic E-state index is 6.18. The Kier molecular flexibility index (Phi) is 5.38. The van der Waals surface area contributed by atoms with Crippen molar-refractivity contribution in [1.29, 1.82) is 0 Å². The van der Waals surface area contributed by atoms with Gasteiger partial charge in [0.1, 0.15) is 5.01 Å². The molecule has 0 amide bonds. The van der Waals surface area contributed by atoms with Crippen molar-refractivity contribution < 1.29 is 0 Å². The van der Waals surface area contributed by atoms with Crippen LogP contribution in [0.25, 0.3) is 10.6 Å². The number of aromatic nitrogens is 2. The Balaban J connectivity index is 1.51. The van der Waals surface area contributed by atoms with Crippen LogP contribution in [0.2, 0.25) is 10.0 Å². The predicted molar refractivity (Wildman–Crippen MR) is 98.4 cm³/mol. The van der Waals surface area contributed by atoms with Gasteiger partial charge in [0.15, 0.2) is 0 Å². The Hall–Kier alpha value is -1.33. The first-order chi connectivity index (χ1) is 11.1. The van der Waals surface area contributed by atoms with Crippen LogP contribution in [0.4, 0.5) is 0 Å². The van der Waals surface area contributed by atoms with Crippen molar-refractivity contribution in [2.45, 2.75) is 13.0 Å². The number of nitrogens with zero attached hydrogens (tertiary/aromatic N) is 2. The molecule has 0 spiro atoms. The molecule has 0 fully saturated rings. The molecule has 2 aromatic heterocycles. The third-order valence-electron chi connectivity index (χ3n) is 3.61. The summed E-state index contributed by atoms with van der Waals surface area (Å²) in [5, 5.41) is 5.89. The minimum absolute atomic E-state index is 0.669. The highest BCUT2D eigenvalue weighted by molar-refractivity contribution is 7.15. The van der Waals surface area contributed by atoms with Crippen LogP contribution in [-0.2, 0) is 20.0 Å². The average Bonchev–Trinajstić information content (AvgIpc) is 3.14.